The summed E-state index contributed by atoms with van der Waals surface area (Å²) < 4.78 is 16.2. The lowest BCUT2D eigenvalue weighted by molar-refractivity contribution is 0.593. The summed E-state index contributed by atoms with van der Waals surface area (Å²) >= 11 is 2.37. The van der Waals surface area contributed by atoms with Gasteiger partial charge in [-0.15, -0.1) is 0 Å². The van der Waals surface area contributed by atoms with Crippen LogP contribution in [0.1, 0.15) is 5.56 Å². The van der Waals surface area contributed by atoms with Crippen LogP contribution in [0.3, 0.4) is 0 Å². The van der Waals surface area contributed by atoms with Crippen molar-refractivity contribution in [1.29, 1.82) is 0 Å². The minimum absolute atomic E-state index is 0.886. The first-order valence-corrected chi connectivity index (χ1v) is 13.2. The van der Waals surface area contributed by atoms with Crippen LogP contribution in [0.25, 0.3) is 21.5 Å². The average molecular weight is 518 g/mol. The van der Waals surface area contributed by atoms with Crippen LogP contribution in [-0.2, 0) is 8.99 Å². The molecular weight excluding hydrogens is 498 g/mol. The van der Waals surface area contributed by atoms with E-state index in [1.807, 2.05) is 60.7 Å². The van der Waals surface area contributed by atoms with Crippen LogP contribution in [0.5, 0.6) is 0 Å². The fraction of sp³-hybridized carbons (Fsp3) is 0.0370. The Morgan fingerprint density at radius 3 is 1.67 bits per heavy atom. The van der Waals surface area contributed by atoms with Gasteiger partial charge in [0.25, 0.3) is 0 Å². The van der Waals surface area contributed by atoms with Crippen molar-refractivity contribution in [3.63, 3.8) is 0 Å². The SMILES string of the molecule is O=P(c1cccc(CI)c1)(c1cccc2ccccc12)c1cccc2ccccc12. The molecule has 5 aromatic rings. The van der Waals surface area contributed by atoms with Crippen molar-refractivity contribution >= 4 is 67.2 Å². The summed E-state index contributed by atoms with van der Waals surface area (Å²) in [6.45, 7) is 0. The van der Waals surface area contributed by atoms with Gasteiger partial charge in [0, 0.05) is 20.3 Å². The second-order valence-corrected chi connectivity index (χ2v) is 10.9. The Morgan fingerprint density at radius 2 is 1.10 bits per heavy atom. The molecule has 0 saturated carbocycles. The molecule has 0 bridgehead atoms. The molecule has 0 saturated heterocycles. The van der Waals surface area contributed by atoms with Crippen LogP contribution in [0.15, 0.2) is 109 Å². The first kappa shape index (κ1) is 19.5. The maximum atomic E-state index is 15.3. The number of hydrogen-bond acceptors (Lipinski definition) is 1. The zero-order chi connectivity index (χ0) is 20.6. The normalized spacial score (nSPS) is 11.8. The van der Waals surface area contributed by atoms with Gasteiger partial charge in [0.1, 0.15) is 0 Å². The molecule has 1 nitrogen and oxygen atoms in total. The van der Waals surface area contributed by atoms with Gasteiger partial charge < -0.3 is 4.57 Å². The van der Waals surface area contributed by atoms with Crippen molar-refractivity contribution in [3.05, 3.63) is 115 Å². The van der Waals surface area contributed by atoms with Crippen molar-refractivity contribution in [1.82, 2.24) is 0 Å². The van der Waals surface area contributed by atoms with Gasteiger partial charge >= 0.3 is 0 Å². The third-order valence-corrected chi connectivity index (χ3v) is 9.66. The van der Waals surface area contributed by atoms with E-state index in [1.54, 1.807) is 0 Å². The maximum absolute atomic E-state index is 15.3. The quantitative estimate of drug-likeness (QED) is 0.150. The third kappa shape index (κ3) is 3.19. The van der Waals surface area contributed by atoms with Gasteiger partial charge in [-0.1, -0.05) is 126 Å². The molecule has 30 heavy (non-hydrogen) atoms. The molecule has 0 spiro atoms. The summed E-state index contributed by atoms with van der Waals surface area (Å²) in [6, 6.07) is 37.1. The molecule has 0 fully saturated rings. The zero-order valence-corrected chi connectivity index (χ0v) is 19.4. The number of rotatable bonds is 4. The number of fused-ring (bicyclic) bond motifs is 2. The predicted molar refractivity (Wildman–Crippen MR) is 139 cm³/mol. The molecule has 0 aromatic heterocycles. The maximum Gasteiger partial charge on any atom is 0.172 e. The van der Waals surface area contributed by atoms with Crippen molar-refractivity contribution < 1.29 is 4.57 Å². The molecule has 0 N–H and O–H groups in total. The Kier molecular flexibility index (Phi) is 5.22. The highest BCUT2D eigenvalue weighted by atomic mass is 127. The van der Waals surface area contributed by atoms with E-state index in [4.69, 9.17) is 0 Å². The molecule has 0 aliphatic carbocycles. The molecule has 0 aliphatic rings. The Balaban J connectivity index is 1.93. The van der Waals surface area contributed by atoms with Crippen molar-refractivity contribution in [2.75, 3.05) is 0 Å². The van der Waals surface area contributed by atoms with E-state index >= 15 is 4.57 Å². The molecule has 5 aromatic carbocycles. The Bertz CT molecular complexity index is 1330. The van der Waals surface area contributed by atoms with E-state index in [9.17, 15) is 0 Å². The topological polar surface area (TPSA) is 17.1 Å². The number of hydrogen-bond donors (Lipinski definition) is 0. The highest BCUT2D eigenvalue weighted by Gasteiger charge is 2.33. The molecule has 0 atom stereocenters. The predicted octanol–water partition coefficient (Wildman–Crippen LogP) is 6.57. The highest BCUT2D eigenvalue weighted by molar-refractivity contribution is 14.1. The highest BCUT2D eigenvalue weighted by Crippen LogP contribution is 2.46. The van der Waals surface area contributed by atoms with E-state index in [-0.39, 0.29) is 0 Å². The Labute approximate surface area is 190 Å². The van der Waals surface area contributed by atoms with Gasteiger partial charge in [-0.3, -0.25) is 0 Å². The van der Waals surface area contributed by atoms with Gasteiger partial charge in [-0.05, 0) is 33.2 Å². The summed E-state index contributed by atoms with van der Waals surface area (Å²) in [5.74, 6) is 0. The largest absolute Gasteiger partial charge is 0.309 e. The molecule has 5 rings (SSSR count). The number of halogens is 1. The minimum Gasteiger partial charge on any atom is -0.309 e. The molecule has 0 aliphatic heterocycles. The van der Waals surface area contributed by atoms with Gasteiger partial charge in [-0.2, -0.15) is 0 Å². The number of alkyl halides is 1. The molecule has 0 heterocycles. The molecule has 0 unspecified atom stereocenters. The van der Waals surface area contributed by atoms with Crippen LogP contribution in [0.2, 0.25) is 0 Å². The molecule has 3 heteroatoms. The van der Waals surface area contributed by atoms with Crippen LogP contribution in [-0.4, -0.2) is 0 Å². The van der Waals surface area contributed by atoms with Gasteiger partial charge in [0.15, 0.2) is 7.14 Å². The van der Waals surface area contributed by atoms with Crippen molar-refractivity contribution in [2.24, 2.45) is 0 Å². The Morgan fingerprint density at radius 1 is 0.600 bits per heavy atom. The van der Waals surface area contributed by atoms with E-state index in [1.165, 1.54) is 5.56 Å². The van der Waals surface area contributed by atoms with Gasteiger partial charge in [-0.25, -0.2) is 0 Å². The monoisotopic (exact) mass is 518 g/mol. The van der Waals surface area contributed by atoms with Crippen LogP contribution in [0, 0.1) is 0 Å². The van der Waals surface area contributed by atoms with E-state index in [0.717, 1.165) is 41.9 Å². The van der Waals surface area contributed by atoms with Gasteiger partial charge in [0.2, 0.25) is 0 Å². The molecule has 0 radical (unpaired) electrons. The second kappa shape index (κ2) is 8.02. The lowest BCUT2D eigenvalue weighted by Gasteiger charge is -2.23. The lowest BCUT2D eigenvalue weighted by atomic mass is 10.1. The summed E-state index contributed by atoms with van der Waals surface area (Å²) in [6.07, 6.45) is 0. The summed E-state index contributed by atoms with van der Waals surface area (Å²) in [5, 5.41) is 7.03. The fourth-order valence-corrected chi connectivity index (χ4v) is 7.82. The zero-order valence-electron chi connectivity index (χ0n) is 16.3. The standard InChI is InChI=1S/C27H20IOP/c28-19-20-8-5-13-23(18-20)30(29,26-16-6-11-21-9-1-3-14-24(21)26)27-17-7-12-22-10-2-4-15-25(22)27/h1-18H,19H2. The van der Waals surface area contributed by atoms with Crippen LogP contribution < -0.4 is 15.9 Å². The lowest BCUT2D eigenvalue weighted by Crippen LogP contribution is -2.26. The van der Waals surface area contributed by atoms with E-state index in [0.29, 0.717) is 0 Å². The van der Waals surface area contributed by atoms with Gasteiger partial charge in [0.05, 0.1) is 0 Å². The summed E-state index contributed by atoms with van der Waals surface area (Å²) in [4.78, 5) is 0. The third-order valence-electron chi connectivity index (χ3n) is 5.64. The minimum atomic E-state index is -3.11. The van der Waals surface area contributed by atoms with Crippen LogP contribution >= 0.6 is 29.7 Å². The first-order chi connectivity index (χ1) is 14.7. The Hall–Kier alpha value is -2.42. The molecule has 146 valence electrons. The van der Waals surface area contributed by atoms with Crippen molar-refractivity contribution in [2.45, 2.75) is 4.43 Å². The summed E-state index contributed by atoms with van der Waals surface area (Å²) in [7, 11) is -3.11. The second-order valence-electron chi connectivity index (χ2n) is 7.41. The first-order valence-electron chi connectivity index (χ1n) is 9.94. The summed E-state index contributed by atoms with van der Waals surface area (Å²) in [5.41, 5.74) is 1.19. The van der Waals surface area contributed by atoms with Crippen molar-refractivity contribution in [3.8, 4) is 0 Å². The molecular formula is C27H20IOP. The van der Waals surface area contributed by atoms with Crippen LogP contribution in [0.4, 0.5) is 0 Å². The van der Waals surface area contributed by atoms with E-state index in [2.05, 4.69) is 71.1 Å². The fourth-order valence-electron chi connectivity index (χ4n) is 4.21. The smallest absolute Gasteiger partial charge is 0.172 e. The average Bonchev–Trinajstić information content (AvgIpc) is 2.83. The molecule has 0 amide bonds. The van der Waals surface area contributed by atoms with E-state index < -0.39 is 7.14 Å². The number of benzene rings is 5.